The first kappa shape index (κ1) is 14.3. The van der Waals surface area contributed by atoms with Crippen molar-refractivity contribution >= 4 is 15.7 Å². The zero-order chi connectivity index (χ0) is 14.0. The Morgan fingerprint density at radius 3 is 2.68 bits per heavy atom. The molecule has 0 aliphatic heterocycles. The van der Waals surface area contributed by atoms with Crippen LogP contribution in [0.2, 0.25) is 0 Å². The third-order valence-corrected chi connectivity index (χ3v) is 5.15. The standard InChI is InChI=1S/C13H19FN2O2S/c1-2-7-16(9-10-3-4-10)19(17,18)13-8-11(14)5-6-12(13)15/h5-6,8,10H,2-4,7,9,15H2,1H3. The Hall–Kier alpha value is -1.14. The molecule has 1 aliphatic carbocycles. The van der Waals surface area contributed by atoms with Gasteiger partial charge in [0.05, 0.1) is 5.69 Å². The molecule has 2 N–H and O–H groups in total. The molecule has 1 aliphatic rings. The van der Waals surface area contributed by atoms with E-state index in [0.29, 0.717) is 19.0 Å². The van der Waals surface area contributed by atoms with Crippen LogP contribution in [0.1, 0.15) is 26.2 Å². The van der Waals surface area contributed by atoms with Gasteiger partial charge in [-0.25, -0.2) is 12.8 Å². The Labute approximate surface area is 113 Å². The van der Waals surface area contributed by atoms with E-state index in [9.17, 15) is 12.8 Å². The van der Waals surface area contributed by atoms with Gasteiger partial charge in [-0.2, -0.15) is 4.31 Å². The van der Waals surface area contributed by atoms with Gasteiger partial charge in [-0.05, 0) is 43.4 Å². The highest BCUT2D eigenvalue weighted by molar-refractivity contribution is 7.89. The largest absolute Gasteiger partial charge is 0.398 e. The Bertz CT molecular complexity index is 556. The number of sulfonamides is 1. The Morgan fingerprint density at radius 2 is 2.11 bits per heavy atom. The topological polar surface area (TPSA) is 63.4 Å². The molecule has 1 saturated carbocycles. The number of halogens is 1. The fourth-order valence-corrected chi connectivity index (χ4v) is 3.75. The maximum absolute atomic E-state index is 13.3. The Balaban J connectivity index is 2.34. The van der Waals surface area contributed by atoms with Gasteiger partial charge in [-0.3, -0.25) is 0 Å². The van der Waals surface area contributed by atoms with Gasteiger partial charge in [0.2, 0.25) is 10.0 Å². The van der Waals surface area contributed by atoms with E-state index in [1.807, 2.05) is 6.92 Å². The second-order valence-corrected chi connectivity index (χ2v) is 6.89. The SMILES string of the molecule is CCCN(CC1CC1)S(=O)(=O)c1cc(F)ccc1N. The first-order chi connectivity index (χ1) is 8.95. The van der Waals surface area contributed by atoms with Gasteiger partial charge in [-0.1, -0.05) is 6.92 Å². The molecule has 1 fully saturated rings. The summed E-state index contributed by atoms with van der Waals surface area (Å²) in [4.78, 5) is -0.124. The summed E-state index contributed by atoms with van der Waals surface area (Å²) in [5.41, 5.74) is 5.78. The maximum Gasteiger partial charge on any atom is 0.245 e. The molecule has 0 atom stereocenters. The number of nitrogens with zero attached hydrogens (tertiary/aromatic N) is 1. The molecule has 0 radical (unpaired) electrons. The minimum atomic E-state index is -3.70. The Morgan fingerprint density at radius 1 is 1.42 bits per heavy atom. The molecule has 19 heavy (non-hydrogen) atoms. The number of nitrogens with two attached hydrogens (primary N) is 1. The lowest BCUT2D eigenvalue weighted by Gasteiger charge is -2.22. The molecule has 106 valence electrons. The van der Waals surface area contributed by atoms with Gasteiger partial charge >= 0.3 is 0 Å². The van der Waals surface area contributed by atoms with E-state index in [-0.39, 0.29) is 10.6 Å². The number of benzene rings is 1. The zero-order valence-corrected chi connectivity index (χ0v) is 11.8. The molecule has 1 aromatic rings. The molecule has 0 bridgehead atoms. The smallest absolute Gasteiger partial charge is 0.245 e. The lowest BCUT2D eigenvalue weighted by Crippen LogP contribution is -2.34. The first-order valence-corrected chi connectivity index (χ1v) is 7.94. The summed E-state index contributed by atoms with van der Waals surface area (Å²) in [5, 5.41) is 0. The maximum atomic E-state index is 13.3. The lowest BCUT2D eigenvalue weighted by molar-refractivity contribution is 0.395. The van der Waals surface area contributed by atoms with Crippen LogP contribution in [0.25, 0.3) is 0 Å². The average Bonchev–Trinajstić information content (AvgIpc) is 3.15. The van der Waals surface area contributed by atoms with Crippen LogP contribution in [0.5, 0.6) is 0 Å². The lowest BCUT2D eigenvalue weighted by atomic mass is 10.3. The van der Waals surface area contributed by atoms with Gasteiger partial charge in [0.15, 0.2) is 0 Å². The third kappa shape index (κ3) is 3.25. The second kappa shape index (κ2) is 5.46. The first-order valence-electron chi connectivity index (χ1n) is 6.50. The van der Waals surface area contributed by atoms with E-state index < -0.39 is 15.8 Å². The van der Waals surface area contributed by atoms with Crippen LogP contribution >= 0.6 is 0 Å². The minimum absolute atomic E-state index is 0.0956. The van der Waals surface area contributed by atoms with E-state index in [2.05, 4.69) is 0 Å². The van der Waals surface area contributed by atoms with Crippen molar-refractivity contribution in [2.75, 3.05) is 18.8 Å². The van der Waals surface area contributed by atoms with Crippen molar-refractivity contribution in [1.82, 2.24) is 4.31 Å². The van der Waals surface area contributed by atoms with E-state index >= 15 is 0 Å². The molecule has 6 heteroatoms. The fraction of sp³-hybridized carbons (Fsp3) is 0.538. The summed E-state index contributed by atoms with van der Waals surface area (Å²) in [6.07, 6.45) is 2.85. The van der Waals surface area contributed by atoms with Crippen molar-refractivity contribution in [2.24, 2.45) is 5.92 Å². The van der Waals surface area contributed by atoms with Gasteiger partial charge in [0.1, 0.15) is 10.7 Å². The molecule has 0 aromatic heterocycles. The molecular formula is C13H19FN2O2S. The van der Waals surface area contributed by atoms with Gasteiger partial charge in [-0.15, -0.1) is 0 Å². The number of nitrogen functional groups attached to an aromatic ring is 1. The molecule has 0 unspecified atom stereocenters. The average molecular weight is 286 g/mol. The summed E-state index contributed by atoms with van der Waals surface area (Å²) < 4.78 is 39.8. The summed E-state index contributed by atoms with van der Waals surface area (Å²) in [5.74, 6) is -0.147. The number of hydrogen-bond donors (Lipinski definition) is 1. The van der Waals surface area contributed by atoms with Crippen LogP contribution in [0.15, 0.2) is 23.1 Å². The van der Waals surface area contributed by atoms with E-state index in [4.69, 9.17) is 5.73 Å². The molecule has 0 amide bonds. The summed E-state index contributed by atoms with van der Waals surface area (Å²) >= 11 is 0. The van der Waals surface area contributed by atoms with Gasteiger partial charge < -0.3 is 5.73 Å². The van der Waals surface area contributed by atoms with E-state index in [1.54, 1.807) is 0 Å². The van der Waals surface area contributed by atoms with Crippen molar-refractivity contribution in [3.8, 4) is 0 Å². The molecular weight excluding hydrogens is 267 g/mol. The van der Waals surface area contributed by atoms with Crippen molar-refractivity contribution in [1.29, 1.82) is 0 Å². The fourth-order valence-electron chi connectivity index (χ4n) is 2.02. The third-order valence-electron chi connectivity index (χ3n) is 3.23. The van der Waals surface area contributed by atoms with Crippen LogP contribution in [-0.2, 0) is 10.0 Å². The van der Waals surface area contributed by atoms with Crippen molar-refractivity contribution < 1.29 is 12.8 Å². The molecule has 1 aromatic carbocycles. The van der Waals surface area contributed by atoms with Crippen molar-refractivity contribution in [2.45, 2.75) is 31.1 Å². The van der Waals surface area contributed by atoms with Gasteiger partial charge in [0, 0.05) is 13.1 Å². The van der Waals surface area contributed by atoms with E-state index in [1.165, 1.54) is 16.4 Å². The van der Waals surface area contributed by atoms with Gasteiger partial charge in [0.25, 0.3) is 0 Å². The van der Waals surface area contributed by atoms with Crippen LogP contribution in [-0.4, -0.2) is 25.8 Å². The highest BCUT2D eigenvalue weighted by atomic mass is 32.2. The van der Waals surface area contributed by atoms with Crippen LogP contribution in [0, 0.1) is 11.7 Å². The predicted molar refractivity (Wildman–Crippen MR) is 72.6 cm³/mol. The summed E-state index contributed by atoms with van der Waals surface area (Å²) in [7, 11) is -3.70. The number of rotatable bonds is 6. The Kier molecular flexibility index (Phi) is 4.10. The van der Waals surface area contributed by atoms with Crippen LogP contribution in [0.3, 0.4) is 0 Å². The van der Waals surface area contributed by atoms with Crippen molar-refractivity contribution in [3.05, 3.63) is 24.0 Å². The number of anilines is 1. The number of hydrogen-bond acceptors (Lipinski definition) is 3. The molecule has 0 spiro atoms. The highest BCUT2D eigenvalue weighted by Gasteiger charge is 2.32. The predicted octanol–water partition coefficient (Wildman–Crippen LogP) is 2.22. The van der Waals surface area contributed by atoms with Crippen LogP contribution in [0.4, 0.5) is 10.1 Å². The van der Waals surface area contributed by atoms with Crippen LogP contribution < -0.4 is 5.73 Å². The molecule has 0 saturated heterocycles. The summed E-state index contributed by atoms with van der Waals surface area (Å²) in [6, 6.07) is 3.46. The normalized spacial score (nSPS) is 15.9. The second-order valence-electron chi connectivity index (χ2n) is 4.99. The highest BCUT2D eigenvalue weighted by Crippen LogP contribution is 2.32. The zero-order valence-electron chi connectivity index (χ0n) is 11.0. The molecule has 2 rings (SSSR count). The quantitative estimate of drug-likeness (QED) is 0.816. The summed E-state index contributed by atoms with van der Waals surface area (Å²) in [6.45, 7) is 2.87. The minimum Gasteiger partial charge on any atom is -0.398 e. The monoisotopic (exact) mass is 286 g/mol. The molecule has 4 nitrogen and oxygen atoms in total. The van der Waals surface area contributed by atoms with Crippen molar-refractivity contribution in [3.63, 3.8) is 0 Å². The molecule has 0 heterocycles. The van der Waals surface area contributed by atoms with E-state index in [0.717, 1.165) is 25.3 Å².